The SMILES string of the molecule is N#CC1=C(N)Oc2cc(OC(=O)COc3ccccc3[N+](=O)[O-])ccc2C1c1cccc(OCc2ccccc2Cl)c1. The fourth-order valence-corrected chi connectivity index (χ4v) is 4.62. The van der Waals surface area contributed by atoms with Crippen LogP contribution in [0.1, 0.15) is 22.6 Å². The van der Waals surface area contributed by atoms with Gasteiger partial charge in [-0.2, -0.15) is 5.26 Å². The van der Waals surface area contributed by atoms with Crippen LogP contribution in [0.15, 0.2) is 102 Å². The number of nitriles is 1. The third kappa shape index (κ3) is 6.11. The summed E-state index contributed by atoms with van der Waals surface area (Å²) >= 11 is 6.25. The Bertz CT molecular complexity index is 1750. The monoisotopic (exact) mass is 583 g/mol. The molecular formula is C31H22ClN3O7. The number of benzene rings is 4. The molecule has 4 aromatic rings. The average molecular weight is 584 g/mol. The molecule has 1 unspecified atom stereocenters. The van der Waals surface area contributed by atoms with E-state index in [1.165, 1.54) is 24.3 Å². The highest BCUT2D eigenvalue weighted by Gasteiger charge is 2.31. The Balaban J connectivity index is 1.34. The van der Waals surface area contributed by atoms with E-state index >= 15 is 0 Å². The minimum atomic E-state index is -0.787. The van der Waals surface area contributed by atoms with Crippen molar-refractivity contribution in [2.24, 2.45) is 5.73 Å². The lowest BCUT2D eigenvalue weighted by Gasteiger charge is -2.27. The lowest BCUT2D eigenvalue weighted by molar-refractivity contribution is -0.385. The zero-order valence-electron chi connectivity index (χ0n) is 21.9. The van der Waals surface area contributed by atoms with Gasteiger partial charge in [0.1, 0.15) is 35.5 Å². The van der Waals surface area contributed by atoms with Gasteiger partial charge in [-0.1, -0.05) is 60.1 Å². The number of allylic oxidation sites excluding steroid dienone is 1. The van der Waals surface area contributed by atoms with Crippen LogP contribution in [0.25, 0.3) is 0 Å². The highest BCUT2D eigenvalue weighted by Crippen LogP contribution is 2.44. The minimum absolute atomic E-state index is 0.0592. The van der Waals surface area contributed by atoms with E-state index in [0.717, 1.165) is 11.1 Å². The van der Waals surface area contributed by atoms with Gasteiger partial charge in [0.15, 0.2) is 12.4 Å². The van der Waals surface area contributed by atoms with Crippen LogP contribution in [0.5, 0.6) is 23.0 Å². The fraction of sp³-hybridized carbons (Fsp3) is 0.0968. The molecule has 10 nitrogen and oxygen atoms in total. The number of carbonyl (C=O) groups excluding carboxylic acids is 1. The number of hydrogen-bond donors (Lipinski definition) is 1. The summed E-state index contributed by atoms with van der Waals surface area (Å²) in [6.45, 7) is -0.306. The van der Waals surface area contributed by atoms with E-state index in [1.807, 2.05) is 36.4 Å². The summed E-state index contributed by atoms with van der Waals surface area (Å²) in [6, 6.07) is 27.2. The molecule has 5 rings (SSSR count). The van der Waals surface area contributed by atoms with Crippen LogP contribution >= 0.6 is 11.6 Å². The molecule has 0 fully saturated rings. The summed E-state index contributed by atoms with van der Waals surface area (Å²) in [7, 11) is 0. The van der Waals surface area contributed by atoms with E-state index in [0.29, 0.717) is 22.1 Å². The van der Waals surface area contributed by atoms with Crippen molar-refractivity contribution in [3.63, 3.8) is 0 Å². The second-order valence-corrected chi connectivity index (χ2v) is 9.47. The Labute approximate surface area is 245 Å². The van der Waals surface area contributed by atoms with E-state index < -0.39 is 23.4 Å². The average Bonchev–Trinajstić information content (AvgIpc) is 2.99. The predicted molar refractivity (Wildman–Crippen MR) is 152 cm³/mol. The van der Waals surface area contributed by atoms with Gasteiger partial charge in [-0.15, -0.1) is 0 Å². The topological polar surface area (TPSA) is 147 Å². The molecule has 0 saturated carbocycles. The Hall–Kier alpha value is -5.53. The predicted octanol–water partition coefficient (Wildman–Crippen LogP) is 6.03. The molecule has 1 aliphatic heterocycles. The van der Waals surface area contributed by atoms with Crippen LogP contribution in [0, 0.1) is 21.4 Å². The molecule has 0 bridgehead atoms. The Kier molecular flexibility index (Phi) is 8.22. The van der Waals surface area contributed by atoms with Gasteiger partial charge in [0.05, 0.1) is 10.8 Å². The third-order valence-corrected chi connectivity index (χ3v) is 6.74. The number of para-hydroxylation sites is 2. The zero-order chi connectivity index (χ0) is 29.6. The molecule has 11 heteroatoms. The van der Waals surface area contributed by atoms with E-state index in [4.69, 9.17) is 36.3 Å². The van der Waals surface area contributed by atoms with Gasteiger partial charge in [0.25, 0.3) is 0 Å². The summed E-state index contributed by atoms with van der Waals surface area (Å²) in [4.78, 5) is 23.0. The van der Waals surface area contributed by atoms with Gasteiger partial charge in [-0.25, -0.2) is 4.79 Å². The van der Waals surface area contributed by atoms with Crippen LogP contribution < -0.4 is 24.7 Å². The molecule has 0 aromatic heterocycles. The standard InChI is InChI=1S/C31H22ClN3O7/c32-25-9-2-1-6-20(25)17-39-21-8-5-7-19(14-21)30-23-13-12-22(15-28(23)42-31(34)24(30)16-33)41-29(36)18-40-27-11-4-3-10-26(27)35(37)38/h1-15,30H,17-18,34H2. The maximum atomic E-state index is 12.4. The molecule has 1 heterocycles. The van der Waals surface area contributed by atoms with Crippen LogP contribution in [0.3, 0.4) is 0 Å². The first-order valence-corrected chi connectivity index (χ1v) is 13.0. The number of nitro groups is 1. The molecule has 0 amide bonds. The van der Waals surface area contributed by atoms with Crippen molar-refractivity contribution >= 4 is 23.3 Å². The summed E-state index contributed by atoms with van der Waals surface area (Å²) in [5.41, 5.74) is 8.27. The molecule has 210 valence electrons. The third-order valence-electron chi connectivity index (χ3n) is 6.37. The van der Waals surface area contributed by atoms with Crippen molar-refractivity contribution in [1.29, 1.82) is 5.26 Å². The summed E-state index contributed by atoms with van der Waals surface area (Å²) in [5, 5.41) is 21.7. The second-order valence-electron chi connectivity index (χ2n) is 9.06. The number of ether oxygens (including phenoxy) is 4. The Morgan fingerprint density at radius 1 is 1.00 bits per heavy atom. The first kappa shape index (κ1) is 28.0. The maximum Gasteiger partial charge on any atom is 0.349 e. The van der Waals surface area contributed by atoms with Gasteiger partial charge in [-0.05, 0) is 35.9 Å². The van der Waals surface area contributed by atoms with Crippen molar-refractivity contribution in [3.8, 4) is 29.1 Å². The van der Waals surface area contributed by atoms with Gasteiger partial charge < -0.3 is 24.7 Å². The maximum absolute atomic E-state index is 12.4. The van der Waals surface area contributed by atoms with Gasteiger partial charge in [0.2, 0.25) is 5.88 Å². The normalized spacial score (nSPS) is 13.8. The smallest absolute Gasteiger partial charge is 0.349 e. The number of halogens is 1. The number of nitro benzene ring substituents is 1. The molecule has 4 aromatic carbocycles. The molecule has 0 radical (unpaired) electrons. The number of hydrogen-bond acceptors (Lipinski definition) is 9. The lowest BCUT2D eigenvalue weighted by Crippen LogP contribution is -2.22. The number of esters is 1. The molecule has 1 aliphatic rings. The fourth-order valence-electron chi connectivity index (χ4n) is 4.43. The largest absolute Gasteiger partial charge is 0.489 e. The number of rotatable bonds is 9. The highest BCUT2D eigenvalue weighted by molar-refractivity contribution is 6.31. The number of fused-ring (bicyclic) bond motifs is 1. The van der Waals surface area contributed by atoms with Crippen LogP contribution in [-0.4, -0.2) is 17.5 Å². The quantitative estimate of drug-likeness (QED) is 0.108. The van der Waals surface area contributed by atoms with Crippen LogP contribution in [0.2, 0.25) is 5.02 Å². The van der Waals surface area contributed by atoms with Crippen molar-refractivity contribution in [3.05, 3.63) is 134 Å². The summed E-state index contributed by atoms with van der Waals surface area (Å²) < 4.78 is 22.4. The highest BCUT2D eigenvalue weighted by atomic mass is 35.5. The molecule has 0 aliphatic carbocycles. The van der Waals surface area contributed by atoms with Crippen molar-refractivity contribution in [2.45, 2.75) is 12.5 Å². The second kappa shape index (κ2) is 12.3. The first-order chi connectivity index (χ1) is 20.3. The van der Waals surface area contributed by atoms with Crippen LogP contribution in [-0.2, 0) is 11.4 Å². The minimum Gasteiger partial charge on any atom is -0.489 e. The van der Waals surface area contributed by atoms with Crippen molar-refractivity contribution < 1.29 is 28.7 Å². The van der Waals surface area contributed by atoms with E-state index in [9.17, 15) is 20.2 Å². The number of nitrogens with two attached hydrogens (primary N) is 1. The molecule has 0 spiro atoms. The molecular weight excluding hydrogens is 562 g/mol. The van der Waals surface area contributed by atoms with Gasteiger partial charge in [-0.3, -0.25) is 10.1 Å². The first-order valence-electron chi connectivity index (χ1n) is 12.6. The van der Waals surface area contributed by atoms with Gasteiger partial charge >= 0.3 is 11.7 Å². The number of nitrogens with zero attached hydrogens (tertiary/aromatic N) is 2. The molecule has 42 heavy (non-hydrogen) atoms. The molecule has 1 atom stereocenters. The summed E-state index contributed by atoms with van der Waals surface area (Å²) in [5.74, 6) is -0.505. The summed E-state index contributed by atoms with van der Waals surface area (Å²) in [6.07, 6.45) is 0. The van der Waals surface area contributed by atoms with E-state index in [2.05, 4.69) is 6.07 Å². The van der Waals surface area contributed by atoms with Crippen LogP contribution in [0.4, 0.5) is 5.69 Å². The van der Waals surface area contributed by atoms with Gasteiger partial charge in [0, 0.05) is 28.3 Å². The molecule has 0 saturated heterocycles. The van der Waals surface area contributed by atoms with E-state index in [-0.39, 0.29) is 35.2 Å². The Morgan fingerprint density at radius 2 is 1.79 bits per heavy atom. The van der Waals surface area contributed by atoms with Crippen molar-refractivity contribution in [2.75, 3.05) is 6.61 Å². The van der Waals surface area contributed by atoms with E-state index in [1.54, 1.807) is 30.3 Å². The number of carbonyl (C=O) groups is 1. The Morgan fingerprint density at radius 3 is 2.57 bits per heavy atom. The lowest BCUT2D eigenvalue weighted by atomic mass is 9.83. The van der Waals surface area contributed by atoms with Crippen molar-refractivity contribution in [1.82, 2.24) is 0 Å². The zero-order valence-corrected chi connectivity index (χ0v) is 22.6. The molecule has 2 N–H and O–H groups in total.